The van der Waals surface area contributed by atoms with Gasteiger partial charge in [0.05, 0.1) is 5.75 Å². The number of hydrogen-bond acceptors (Lipinski definition) is 8. The predicted octanol–water partition coefficient (Wildman–Crippen LogP) is 0.404. The number of nitrogens with one attached hydrogen (secondary N) is 1. The quantitative estimate of drug-likeness (QED) is 0.616. The molecule has 2 aliphatic heterocycles. The molecule has 0 spiro atoms. The zero-order valence-corrected chi connectivity index (χ0v) is 18.6. The molecule has 32 heavy (non-hydrogen) atoms. The SMILES string of the molecule is Cn1nnnc1SCC(=O)Nc1ccc(C(=O)N2CCN(C(=O)[C@@H]3CCCO3)CC2)cc1. The van der Waals surface area contributed by atoms with Gasteiger partial charge < -0.3 is 19.9 Å². The maximum atomic E-state index is 12.8. The summed E-state index contributed by atoms with van der Waals surface area (Å²) in [6, 6.07) is 6.80. The Bertz CT molecular complexity index is 967. The van der Waals surface area contributed by atoms with E-state index in [1.54, 1.807) is 41.1 Å². The molecule has 1 atom stereocenters. The van der Waals surface area contributed by atoms with Crippen molar-refractivity contribution in [2.24, 2.45) is 7.05 Å². The van der Waals surface area contributed by atoms with Crippen LogP contribution in [0.15, 0.2) is 29.4 Å². The lowest BCUT2D eigenvalue weighted by Gasteiger charge is -2.35. The Morgan fingerprint density at radius 1 is 1.12 bits per heavy atom. The van der Waals surface area contributed by atoms with Crippen LogP contribution in [-0.2, 0) is 21.4 Å². The molecule has 3 heterocycles. The molecule has 2 fully saturated rings. The molecule has 0 unspecified atom stereocenters. The first-order valence-electron chi connectivity index (χ1n) is 10.5. The van der Waals surface area contributed by atoms with Crippen molar-refractivity contribution in [3.8, 4) is 0 Å². The van der Waals surface area contributed by atoms with Crippen molar-refractivity contribution in [2.75, 3.05) is 43.9 Å². The largest absolute Gasteiger partial charge is 0.368 e. The topological polar surface area (TPSA) is 123 Å². The van der Waals surface area contributed by atoms with E-state index in [9.17, 15) is 14.4 Å². The number of rotatable bonds is 6. The molecule has 2 aromatic rings. The highest BCUT2D eigenvalue weighted by atomic mass is 32.2. The van der Waals surface area contributed by atoms with Gasteiger partial charge in [-0.2, -0.15) is 0 Å². The van der Waals surface area contributed by atoms with Crippen molar-refractivity contribution in [2.45, 2.75) is 24.1 Å². The number of benzene rings is 1. The van der Waals surface area contributed by atoms with Crippen LogP contribution < -0.4 is 5.32 Å². The van der Waals surface area contributed by atoms with Crippen LogP contribution in [0.25, 0.3) is 0 Å². The normalized spacial score (nSPS) is 18.6. The minimum Gasteiger partial charge on any atom is -0.368 e. The number of thioether (sulfide) groups is 1. The van der Waals surface area contributed by atoms with E-state index < -0.39 is 0 Å². The highest BCUT2D eigenvalue weighted by Gasteiger charge is 2.31. The van der Waals surface area contributed by atoms with Gasteiger partial charge in [0.1, 0.15) is 6.10 Å². The van der Waals surface area contributed by atoms with Gasteiger partial charge in [-0.3, -0.25) is 14.4 Å². The standard InChI is InChI=1S/C20H25N7O4S/c1-25-20(22-23-24-25)32-13-17(28)21-15-6-4-14(5-7-15)18(29)26-8-10-27(11-9-26)19(30)16-3-2-12-31-16/h4-7,16H,2-3,8-13H2,1H3,(H,21,28)/t16-/m0/s1. The first kappa shape index (κ1) is 22.2. The van der Waals surface area contributed by atoms with Crippen molar-refractivity contribution in [1.29, 1.82) is 0 Å². The van der Waals surface area contributed by atoms with Gasteiger partial charge in [-0.1, -0.05) is 11.8 Å². The second kappa shape index (κ2) is 10.1. The Morgan fingerprint density at radius 3 is 2.47 bits per heavy atom. The average Bonchev–Trinajstić information content (AvgIpc) is 3.49. The fourth-order valence-corrected chi connectivity index (χ4v) is 4.31. The molecule has 11 nitrogen and oxygen atoms in total. The van der Waals surface area contributed by atoms with Crippen LogP contribution in [0.4, 0.5) is 5.69 Å². The fraction of sp³-hybridized carbons (Fsp3) is 0.500. The summed E-state index contributed by atoms with van der Waals surface area (Å²) in [4.78, 5) is 40.9. The molecular weight excluding hydrogens is 434 g/mol. The predicted molar refractivity (Wildman–Crippen MR) is 116 cm³/mol. The average molecular weight is 460 g/mol. The molecule has 4 rings (SSSR count). The van der Waals surface area contributed by atoms with Crippen LogP contribution >= 0.6 is 11.8 Å². The molecule has 0 aliphatic carbocycles. The van der Waals surface area contributed by atoms with Gasteiger partial charge >= 0.3 is 0 Å². The lowest BCUT2D eigenvalue weighted by atomic mass is 10.1. The summed E-state index contributed by atoms with van der Waals surface area (Å²) >= 11 is 1.24. The second-order valence-electron chi connectivity index (χ2n) is 7.62. The summed E-state index contributed by atoms with van der Waals surface area (Å²) in [7, 11) is 1.71. The third kappa shape index (κ3) is 5.25. The zero-order valence-electron chi connectivity index (χ0n) is 17.8. The number of amides is 3. The van der Waals surface area contributed by atoms with Gasteiger partial charge in [0, 0.05) is 51.1 Å². The Labute approximate surface area is 189 Å². The molecule has 2 saturated heterocycles. The van der Waals surface area contributed by atoms with Gasteiger partial charge in [-0.15, -0.1) is 5.10 Å². The Hall–Kier alpha value is -2.99. The third-order valence-electron chi connectivity index (χ3n) is 5.41. The molecule has 1 aromatic heterocycles. The van der Waals surface area contributed by atoms with Crippen molar-refractivity contribution in [3.05, 3.63) is 29.8 Å². The molecule has 12 heteroatoms. The van der Waals surface area contributed by atoms with E-state index in [2.05, 4.69) is 20.8 Å². The molecule has 1 aromatic carbocycles. The van der Waals surface area contributed by atoms with Crippen LogP contribution in [0.2, 0.25) is 0 Å². The number of carbonyl (C=O) groups is 3. The van der Waals surface area contributed by atoms with Crippen LogP contribution in [0.3, 0.4) is 0 Å². The van der Waals surface area contributed by atoms with Crippen molar-refractivity contribution in [3.63, 3.8) is 0 Å². The summed E-state index contributed by atoms with van der Waals surface area (Å²) in [6.07, 6.45) is 1.37. The van der Waals surface area contributed by atoms with Crippen molar-refractivity contribution >= 4 is 35.2 Å². The van der Waals surface area contributed by atoms with E-state index in [1.807, 2.05) is 0 Å². The van der Waals surface area contributed by atoms with E-state index in [-0.39, 0.29) is 29.6 Å². The van der Waals surface area contributed by atoms with Crippen LogP contribution in [0.5, 0.6) is 0 Å². The molecule has 170 valence electrons. The third-order valence-corrected chi connectivity index (χ3v) is 6.42. The van der Waals surface area contributed by atoms with E-state index in [0.29, 0.717) is 49.2 Å². The number of nitrogens with zero attached hydrogens (tertiary/aromatic N) is 6. The summed E-state index contributed by atoms with van der Waals surface area (Å²) in [5.74, 6) is -0.0751. The summed E-state index contributed by atoms with van der Waals surface area (Å²) < 4.78 is 6.97. The van der Waals surface area contributed by atoms with E-state index in [1.165, 1.54) is 16.4 Å². The monoisotopic (exact) mass is 459 g/mol. The van der Waals surface area contributed by atoms with Gasteiger partial charge in [-0.05, 0) is 47.5 Å². The van der Waals surface area contributed by atoms with E-state index in [4.69, 9.17) is 4.74 Å². The van der Waals surface area contributed by atoms with E-state index in [0.717, 1.165) is 12.8 Å². The molecule has 0 bridgehead atoms. The van der Waals surface area contributed by atoms with Crippen molar-refractivity contribution < 1.29 is 19.1 Å². The number of ether oxygens (including phenoxy) is 1. The maximum Gasteiger partial charge on any atom is 0.253 e. The molecule has 2 aliphatic rings. The number of anilines is 1. The Balaban J connectivity index is 1.24. The van der Waals surface area contributed by atoms with Crippen LogP contribution in [0, 0.1) is 0 Å². The molecule has 1 N–H and O–H groups in total. The second-order valence-corrected chi connectivity index (χ2v) is 8.56. The molecular formula is C20H25N7O4S. The number of aromatic nitrogens is 4. The highest BCUT2D eigenvalue weighted by Crippen LogP contribution is 2.18. The van der Waals surface area contributed by atoms with Crippen molar-refractivity contribution in [1.82, 2.24) is 30.0 Å². The van der Waals surface area contributed by atoms with Crippen LogP contribution in [0.1, 0.15) is 23.2 Å². The lowest BCUT2D eigenvalue weighted by molar-refractivity contribution is -0.142. The number of aryl methyl sites for hydroxylation is 1. The molecule has 0 saturated carbocycles. The van der Waals surface area contributed by atoms with Gasteiger partial charge in [-0.25, -0.2) is 4.68 Å². The molecule has 0 radical (unpaired) electrons. The fourth-order valence-electron chi connectivity index (χ4n) is 3.66. The first-order valence-corrected chi connectivity index (χ1v) is 11.4. The Kier molecular flexibility index (Phi) is 7.00. The molecule has 3 amide bonds. The summed E-state index contributed by atoms with van der Waals surface area (Å²) in [5, 5.41) is 14.4. The highest BCUT2D eigenvalue weighted by molar-refractivity contribution is 7.99. The number of tetrazole rings is 1. The number of hydrogen-bond donors (Lipinski definition) is 1. The van der Waals surface area contributed by atoms with Gasteiger partial charge in [0.15, 0.2) is 0 Å². The number of piperazine rings is 1. The Morgan fingerprint density at radius 2 is 1.84 bits per heavy atom. The zero-order chi connectivity index (χ0) is 22.5. The van der Waals surface area contributed by atoms with E-state index >= 15 is 0 Å². The van der Waals surface area contributed by atoms with Gasteiger partial charge in [0.25, 0.3) is 11.8 Å². The smallest absolute Gasteiger partial charge is 0.253 e. The minimum absolute atomic E-state index is 0.0308. The van der Waals surface area contributed by atoms with Crippen LogP contribution in [-0.4, -0.2) is 92.4 Å². The maximum absolute atomic E-state index is 12.8. The summed E-state index contributed by atoms with van der Waals surface area (Å²) in [5.41, 5.74) is 1.15. The summed E-state index contributed by atoms with van der Waals surface area (Å²) in [6.45, 7) is 2.64. The number of carbonyl (C=O) groups excluding carboxylic acids is 3. The lowest BCUT2D eigenvalue weighted by Crippen LogP contribution is -2.52. The first-order chi connectivity index (χ1) is 15.5. The minimum atomic E-state index is -0.324. The van der Waals surface area contributed by atoms with Gasteiger partial charge in [0.2, 0.25) is 11.1 Å².